The maximum atomic E-state index is 8.14. The van der Waals surface area contributed by atoms with Crippen molar-refractivity contribution in [2.24, 2.45) is 0 Å². The molecule has 0 aliphatic carbocycles. The highest BCUT2D eigenvalue weighted by Crippen LogP contribution is 2.28. The Kier molecular flexibility index (Phi) is 3.75. The SMILES string of the molecule is [2H]c1ccc(C(C)(C)C)cc1Nc1cccc(C(C)(C)C)c1. The first-order valence-electron chi connectivity index (χ1n) is 8.06. The third-order valence-electron chi connectivity index (χ3n) is 3.68. The zero-order valence-corrected chi connectivity index (χ0v) is 14.0. The van der Waals surface area contributed by atoms with Crippen LogP contribution in [-0.4, -0.2) is 0 Å². The Balaban J connectivity index is 2.35. The van der Waals surface area contributed by atoms with Crippen LogP contribution in [0.2, 0.25) is 0 Å². The van der Waals surface area contributed by atoms with Gasteiger partial charge in [0.15, 0.2) is 0 Å². The van der Waals surface area contributed by atoms with Crippen molar-refractivity contribution in [2.45, 2.75) is 52.4 Å². The molecule has 0 saturated heterocycles. The molecule has 21 heavy (non-hydrogen) atoms. The van der Waals surface area contributed by atoms with Crippen LogP contribution in [0, 0.1) is 0 Å². The highest BCUT2D eigenvalue weighted by molar-refractivity contribution is 5.61. The molecule has 0 heterocycles. The van der Waals surface area contributed by atoms with Gasteiger partial charge >= 0.3 is 0 Å². The van der Waals surface area contributed by atoms with E-state index in [4.69, 9.17) is 1.37 Å². The van der Waals surface area contributed by atoms with Gasteiger partial charge in [-0.05, 0) is 46.2 Å². The second-order valence-electron chi connectivity index (χ2n) is 7.70. The summed E-state index contributed by atoms with van der Waals surface area (Å²) in [5.41, 5.74) is 4.62. The normalized spacial score (nSPS) is 13.0. The summed E-state index contributed by atoms with van der Waals surface area (Å²) in [4.78, 5) is 0. The van der Waals surface area contributed by atoms with Crippen LogP contribution in [-0.2, 0) is 10.8 Å². The van der Waals surface area contributed by atoms with Crippen LogP contribution in [0.15, 0.2) is 48.5 Å². The molecule has 2 rings (SSSR count). The molecule has 0 fully saturated rings. The van der Waals surface area contributed by atoms with Crippen molar-refractivity contribution < 1.29 is 1.37 Å². The van der Waals surface area contributed by atoms with Crippen LogP contribution < -0.4 is 5.32 Å². The number of hydrogen-bond acceptors (Lipinski definition) is 1. The molecule has 1 nitrogen and oxygen atoms in total. The topological polar surface area (TPSA) is 12.0 Å². The van der Waals surface area contributed by atoms with Crippen molar-refractivity contribution in [1.82, 2.24) is 0 Å². The molecule has 1 heteroatoms. The van der Waals surface area contributed by atoms with E-state index in [0.717, 1.165) is 11.4 Å². The van der Waals surface area contributed by atoms with Crippen molar-refractivity contribution in [1.29, 1.82) is 0 Å². The van der Waals surface area contributed by atoms with Crippen LogP contribution in [0.25, 0.3) is 0 Å². The third-order valence-corrected chi connectivity index (χ3v) is 3.68. The van der Waals surface area contributed by atoms with Crippen molar-refractivity contribution in [3.8, 4) is 0 Å². The summed E-state index contributed by atoms with van der Waals surface area (Å²) in [7, 11) is 0. The predicted molar refractivity (Wildman–Crippen MR) is 93.6 cm³/mol. The van der Waals surface area contributed by atoms with Crippen LogP contribution >= 0.6 is 0 Å². The highest BCUT2D eigenvalue weighted by Gasteiger charge is 2.15. The number of benzene rings is 2. The van der Waals surface area contributed by atoms with Crippen LogP contribution in [0.1, 0.15) is 54.0 Å². The number of hydrogen-bond donors (Lipinski definition) is 1. The van der Waals surface area contributed by atoms with Crippen LogP contribution in [0.3, 0.4) is 0 Å². The van der Waals surface area contributed by atoms with E-state index in [0.29, 0.717) is 6.04 Å². The van der Waals surface area contributed by atoms with Crippen LogP contribution in [0.4, 0.5) is 11.4 Å². The summed E-state index contributed by atoms with van der Waals surface area (Å²) in [5, 5.41) is 3.41. The van der Waals surface area contributed by atoms with Gasteiger partial charge in [-0.25, -0.2) is 0 Å². The Morgan fingerprint density at radius 1 is 0.762 bits per heavy atom. The lowest BCUT2D eigenvalue weighted by Crippen LogP contribution is -2.12. The van der Waals surface area contributed by atoms with E-state index >= 15 is 0 Å². The molecule has 112 valence electrons. The quantitative estimate of drug-likeness (QED) is 0.709. The maximum Gasteiger partial charge on any atom is 0.0645 e. The number of nitrogens with one attached hydrogen (secondary N) is 1. The zero-order valence-electron chi connectivity index (χ0n) is 15.0. The zero-order chi connectivity index (χ0) is 16.5. The molecule has 0 unspecified atom stereocenters. The minimum atomic E-state index is 0.0807. The molecular formula is C20H27N. The van der Waals surface area contributed by atoms with Gasteiger partial charge in [0.05, 0.1) is 1.37 Å². The fourth-order valence-corrected chi connectivity index (χ4v) is 2.22. The van der Waals surface area contributed by atoms with Crippen molar-refractivity contribution in [3.63, 3.8) is 0 Å². The maximum absolute atomic E-state index is 8.14. The van der Waals surface area contributed by atoms with E-state index < -0.39 is 0 Å². The first kappa shape index (κ1) is 14.2. The Morgan fingerprint density at radius 3 is 1.86 bits per heavy atom. The van der Waals surface area contributed by atoms with Crippen molar-refractivity contribution >= 4 is 11.4 Å². The Labute approximate surface area is 130 Å². The second-order valence-corrected chi connectivity index (χ2v) is 7.70. The molecule has 0 bridgehead atoms. The van der Waals surface area contributed by atoms with E-state index in [-0.39, 0.29) is 10.8 Å². The molecule has 0 aliphatic heterocycles. The molecule has 0 saturated carbocycles. The minimum absolute atomic E-state index is 0.0807. The van der Waals surface area contributed by atoms with Crippen molar-refractivity contribution in [2.75, 3.05) is 5.32 Å². The van der Waals surface area contributed by atoms with E-state index in [1.54, 1.807) is 0 Å². The van der Waals surface area contributed by atoms with Crippen LogP contribution in [0.5, 0.6) is 0 Å². The van der Waals surface area contributed by atoms with Gasteiger partial charge < -0.3 is 5.32 Å². The van der Waals surface area contributed by atoms with Gasteiger partial charge in [0.25, 0.3) is 0 Å². The third kappa shape index (κ3) is 4.10. The summed E-state index contributed by atoms with van der Waals surface area (Å²) in [5.74, 6) is 0. The molecule has 0 amide bonds. The Hall–Kier alpha value is -1.76. The summed E-state index contributed by atoms with van der Waals surface area (Å²) in [6.45, 7) is 13.2. The van der Waals surface area contributed by atoms with Gasteiger partial charge in [-0.3, -0.25) is 0 Å². The fraction of sp³-hybridized carbons (Fsp3) is 0.400. The average molecular weight is 282 g/mol. The smallest absolute Gasteiger partial charge is 0.0645 e. The molecule has 0 atom stereocenters. The molecule has 1 N–H and O–H groups in total. The summed E-state index contributed by atoms with van der Waals surface area (Å²) in [6, 6.07) is 15.0. The second kappa shape index (κ2) is 5.55. The molecule has 0 aliphatic rings. The lowest BCUT2D eigenvalue weighted by atomic mass is 9.86. The van der Waals surface area contributed by atoms with Gasteiger partial charge in [-0.15, -0.1) is 0 Å². The fourth-order valence-electron chi connectivity index (χ4n) is 2.22. The predicted octanol–water partition coefficient (Wildman–Crippen LogP) is 6.03. The first-order valence-corrected chi connectivity index (χ1v) is 7.56. The van der Waals surface area contributed by atoms with E-state index in [9.17, 15) is 0 Å². The molecule has 0 radical (unpaired) electrons. The van der Waals surface area contributed by atoms with Crippen molar-refractivity contribution in [3.05, 3.63) is 59.6 Å². The van der Waals surface area contributed by atoms with E-state index in [2.05, 4.69) is 77.2 Å². The van der Waals surface area contributed by atoms with Gasteiger partial charge in [0.2, 0.25) is 0 Å². The summed E-state index contributed by atoms with van der Waals surface area (Å²) < 4.78 is 8.14. The highest BCUT2D eigenvalue weighted by atomic mass is 14.9. The molecule has 0 aromatic heterocycles. The Bertz CT molecular complexity index is 660. The van der Waals surface area contributed by atoms with Gasteiger partial charge in [0.1, 0.15) is 0 Å². The molecule has 2 aromatic carbocycles. The lowest BCUT2D eigenvalue weighted by Gasteiger charge is -2.21. The minimum Gasteiger partial charge on any atom is -0.356 e. The first-order chi connectivity index (χ1) is 10.1. The largest absolute Gasteiger partial charge is 0.356 e. The average Bonchev–Trinajstić information content (AvgIpc) is 2.39. The number of anilines is 2. The molecule has 0 spiro atoms. The molecule has 2 aromatic rings. The monoisotopic (exact) mass is 282 g/mol. The Morgan fingerprint density at radius 2 is 1.29 bits per heavy atom. The summed E-state index contributed by atoms with van der Waals surface area (Å²) >= 11 is 0. The lowest BCUT2D eigenvalue weighted by molar-refractivity contribution is 0.590. The summed E-state index contributed by atoms with van der Waals surface area (Å²) in [6.07, 6.45) is 0. The number of rotatable bonds is 2. The van der Waals surface area contributed by atoms with Gasteiger partial charge in [0, 0.05) is 11.4 Å². The molecular weight excluding hydrogens is 254 g/mol. The van der Waals surface area contributed by atoms with E-state index in [1.807, 2.05) is 12.1 Å². The van der Waals surface area contributed by atoms with Gasteiger partial charge in [-0.1, -0.05) is 65.8 Å². The van der Waals surface area contributed by atoms with E-state index in [1.165, 1.54) is 11.1 Å². The standard InChI is InChI=1S/C20H27N/c1-19(2,3)15-9-7-11-17(13-15)21-18-12-8-10-16(14-18)20(4,5)6/h7-14,21H,1-6H3/i11D. The van der Waals surface area contributed by atoms with Gasteiger partial charge in [-0.2, -0.15) is 0 Å².